The van der Waals surface area contributed by atoms with E-state index in [1.165, 1.54) is 0 Å². The van der Waals surface area contributed by atoms with Crippen molar-refractivity contribution < 1.29 is 44.3 Å². The van der Waals surface area contributed by atoms with Crippen LogP contribution < -0.4 is 35.3 Å². The Morgan fingerprint density at radius 3 is 2.00 bits per heavy atom. The van der Waals surface area contributed by atoms with Gasteiger partial charge in [0, 0.05) is 6.42 Å². The van der Waals surface area contributed by atoms with E-state index in [4.69, 9.17) is 10.8 Å². The van der Waals surface area contributed by atoms with E-state index >= 15 is 0 Å². The summed E-state index contributed by atoms with van der Waals surface area (Å²) in [6.07, 6.45) is -0.0676. The molecule has 3 N–H and O–H groups in total. The Bertz CT molecular complexity index is 131. The molecular formula is C5H13BNNaO3. The maximum Gasteiger partial charge on any atom is 1.00 e. The zero-order valence-electron chi connectivity index (χ0n) is 5.96. The Hall–Kier alpha value is 0.165. The summed E-state index contributed by atoms with van der Waals surface area (Å²) >= 11 is 0. The molecule has 0 saturated carbocycles. The van der Waals surface area contributed by atoms with Gasteiger partial charge in [-0.05, 0) is 0 Å². The number of carbonyl (C=O) groups excluding carboxylic acids is 1. The third kappa shape index (κ3) is 13.2. The maximum absolute atomic E-state index is 10.3. The average molecular weight is 169 g/mol. The minimum absolute atomic E-state index is 0. The molecule has 0 unspecified atom stereocenters. The molecule has 0 aromatic carbocycles. The Labute approximate surface area is 89.4 Å². The Kier molecular flexibility index (Phi) is 16.0. The van der Waals surface area contributed by atoms with E-state index in [0.29, 0.717) is 0 Å². The maximum atomic E-state index is 10.3. The van der Waals surface area contributed by atoms with Crippen LogP contribution in [0.15, 0.2) is 0 Å². The van der Waals surface area contributed by atoms with Crippen molar-refractivity contribution >= 4 is 20.2 Å². The number of rotatable bonds is 4. The quantitative estimate of drug-likeness (QED) is 0.412. The SMILES string of the molecule is NCC(=O)CCC(=O)O.[BH4-].[Na+]. The predicted molar refractivity (Wildman–Crippen MR) is 42.3 cm³/mol. The van der Waals surface area contributed by atoms with E-state index in [9.17, 15) is 9.59 Å². The minimum Gasteiger partial charge on any atom is -0.481 e. The van der Waals surface area contributed by atoms with E-state index in [1.807, 2.05) is 0 Å². The van der Waals surface area contributed by atoms with Crippen molar-refractivity contribution in [2.45, 2.75) is 12.8 Å². The first kappa shape index (κ1) is 17.3. The second-order valence-corrected chi connectivity index (χ2v) is 1.64. The Morgan fingerprint density at radius 2 is 1.73 bits per heavy atom. The van der Waals surface area contributed by atoms with Crippen molar-refractivity contribution in [2.24, 2.45) is 5.73 Å². The van der Waals surface area contributed by atoms with Gasteiger partial charge in [0.1, 0.15) is 5.78 Å². The summed E-state index contributed by atoms with van der Waals surface area (Å²) in [7, 11) is 0. The van der Waals surface area contributed by atoms with Crippen LogP contribution in [0.1, 0.15) is 12.8 Å². The van der Waals surface area contributed by atoms with Crippen LogP contribution in [0.25, 0.3) is 0 Å². The van der Waals surface area contributed by atoms with Crippen molar-refractivity contribution in [3.8, 4) is 0 Å². The van der Waals surface area contributed by atoms with Crippen LogP contribution in [0.3, 0.4) is 0 Å². The molecular weight excluding hydrogens is 156 g/mol. The summed E-state index contributed by atoms with van der Waals surface area (Å²) in [6, 6.07) is 0. The molecule has 60 valence electrons. The number of carboxylic acid groups (broad SMARTS) is 1. The molecule has 0 atom stereocenters. The summed E-state index contributed by atoms with van der Waals surface area (Å²) in [5, 5.41) is 8.06. The summed E-state index contributed by atoms with van der Waals surface area (Å²) in [5.41, 5.74) is 4.92. The molecule has 0 radical (unpaired) electrons. The summed E-state index contributed by atoms with van der Waals surface area (Å²) < 4.78 is 0. The first-order chi connectivity index (χ1) is 4.16. The molecule has 0 fully saturated rings. The second kappa shape index (κ2) is 10.2. The largest absolute Gasteiger partial charge is 1.00 e. The van der Waals surface area contributed by atoms with Crippen LogP contribution >= 0.6 is 0 Å². The number of nitrogens with two attached hydrogens (primary N) is 1. The van der Waals surface area contributed by atoms with E-state index in [2.05, 4.69) is 0 Å². The summed E-state index contributed by atoms with van der Waals surface area (Å²) in [5.74, 6) is -1.17. The van der Waals surface area contributed by atoms with Gasteiger partial charge in [0.05, 0.1) is 13.0 Å². The molecule has 0 rings (SSSR count). The molecule has 0 amide bonds. The van der Waals surface area contributed by atoms with Gasteiger partial charge in [-0.1, -0.05) is 8.41 Å². The number of ketones is 1. The van der Waals surface area contributed by atoms with Gasteiger partial charge < -0.3 is 10.8 Å². The van der Waals surface area contributed by atoms with Gasteiger partial charge >= 0.3 is 35.5 Å². The van der Waals surface area contributed by atoms with Crippen molar-refractivity contribution in [3.63, 3.8) is 0 Å². The molecule has 0 spiro atoms. The molecule has 0 heterocycles. The fraction of sp³-hybridized carbons (Fsp3) is 0.600. The number of aliphatic carboxylic acids is 1. The third-order valence-electron chi connectivity index (χ3n) is 0.845. The standard InChI is InChI=1S/C5H9NO3.BH4.Na/c6-3-4(7)1-2-5(8)9;;/h1-3,6H2,(H,8,9);1H4;/q;-1;+1. The van der Waals surface area contributed by atoms with Crippen molar-refractivity contribution in [1.82, 2.24) is 0 Å². The first-order valence-corrected chi connectivity index (χ1v) is 2.60. The van der Waals surface area contributed by atoms with Gasteiger partial charge in [0.2, 0.25) is 0 Å². The zero-order valence-corrected chi connectivity index (χ0v) is 7.96. The normalized spacial score (nSPS) is 7.36. The fourth-order valence-corrected chi connectivity index (χ4v) is 0.348. The third-order valence-corrected chi connectivity index (χ3v) is 0.845. The zero-order chi connectivity index (χ0) is 7.28. The van der Waals surface area contributed by atoms with E-state index in [-0.39, 0.29) is 63.1 Å². The topological polar surface area (TPSA) is 80.4 Å². The number of carboxylic acids is 1. The van der Waals surface area contributed by atoms with E-state index < -0.39 is 5.97 Å². The summed E-state index contributed by atoms with van der Waals surface area (Å²) in [6.45, 7) is -0.0622. The number of hydrogen-bond donors (Lipinski definition) is 2. The van der Waals surface area contributed by atoms with Gasteiger partial charge in [0.15, 0.2) is 0 Å². The van der Waals surface area contributed by atoms with Crippen LogP contribution in [0.5, 0.6) is 0 Å². The molecule has 0 aliphatic rings. The first-order valence-electron chi connectivity index (χ1n) is 2.60. The van der Waals surface area contributed by atoms with Crippen molar-refractivity contribution in [1.29, 1.82) is 0 Å². The molecule has 0 aromatic rings. The average Bonchev–Trinajstić information content (AvgIpc) is 1.83. The molecule has 4 nitrogen and oxygen atoms in total. The number of carbonyl (C=O) groups is 2. The van der Waals surface area contributed by atoms with Gasteiger partial charge in [-0.15, -0.1) is 0 Å². The van der Waals surface area contributed by atoms with Crippen molar-refractivity contribution in [2.75, 3.05) is 6.54 Å². The summed E-state index contributed by atoms with van der Waals surface area (Å²) in [4.78, 5) is 20.2. The van der Waals surface area contributed by atoms with Gasteiger partial charge in [0.25, 0.3) is 0 Å². The smallest absolute Gasteiger partial charge is 0.481 e. The number of Topliss-reactive ketones (excluding diaryl/α,β-unsaturated/α-hetero) is 1. The van der Waals surface area contributed by atoms with Crippen LogP contribution in [-0.4, -0.2) is 31.8 Å². The van der Waals surface area contributed by atoms with Gasteiger partial charge in [-0.25, -0.2) is 0 Å². The second-order valence-electron chi connectivity index (χ2n) is 1.64. The number of hydrogen-bond acceptors (Lipinski definition) is 3. The van der Waals surface area contributed by atoms with Gasteiger partial charge in [-0.2, -0.15) is 0 Å². The fourth-order valence-electron chi connectivity index (χ4n) is 0.348. The van der Waals surface area contributed by atoms with Crippen molar-refractivity contribution in [3.05, 3.63) is 0 Å². The van der Waals surface area contributed by atoms with Crippen LogP contribution in [0.4, 0.5) is 0 Å². The van der Waals surface area contributed by atoms with Crippen LogP contribution in [-0.2, 0) is 9.59 Å². The Morgan fingerprint density at radius 1 is 1.27 bits per heavy atom. The molecule has 6 heteroatoms. The molecule has 0 aromatic heterocycles. The van der Waals surface area contributed by atoms with E-state index in [1.54, 1.807) is 0 Å². The molecule has 0 saturated heterocycles. The van der Waals surface area contributed by atoms with Crippen LogP contribution in [0, 0.1) is 0 Å². The van der Waals surface area contributed by atoms with Gasteiger partial charge in [-0.3, -0.25) is 9.59 Å². The Balaban J connectivity index is -0.000000320. The predicted octanol–water partition coefficient (Wildman–Crippen LogP) is -5.07. The monoisotopic (exact) mass is 169 g/mol. The molecule has 0 aliphatic carbocycles. The molecule has 11 heavy (non-hydrogen) atoms. The molecule has 0 aliphatic heterocycles. The molecule has 0 bridgehead atoms. The van der Waals surface area contributed by atoms with E-state index in [0.717, 1.165) is 0 Å². The van der Waals surface area contributed by atoms with Crippen LogP contribution in [0.2, 0.25) is 0 Å². The minimum atomic E-state index is -0.961.